The highest BCUT2D eigenvalue weighted by atomic mass is 16.5. The van der Waals surface area contributed by atoms with Crippen molar-refractivity contribution in [3.05, 3.63) is 54.9 Å². The maximum absolute atomic E-state index is 9.39. The number of rotatable bonds is 2. The normalized spacial score (nSPS) is 10.4. The minimum atomic E-state index is 0.158. The first-order chi connectivity index (χ1) is 8.83. The van der Waals surface area contributed by atoms with Crippen molar-refractivity contribution in [2.45, 2.75) is 0 Å². The van der Waals surface area contributed by atoms with Crippen LogP contribution in [-0.2, 0) is 0 Å². The van der Waals surface area contributed by atoms with Crippen LogP contribution >= 0.6 is 0 Å². The van der Waals surface area contributed by atoms with Crippen molar-refractivity contribution in [1.29, 1.82) is 0 Å². The van der Waals surface area contributed by atoms with Gasteiger partial charge < -0.3 is 9.84 Å². The van der Waals surface area contributed by atoms with Crippen LogP contribution in [0.1, 0.15) is 0 Å². The number of ether oxygens (including phenoxy) is 1. The van der Waals surface area contributed by atoms with Gasteiger partial charge in [0.2, 0.25) is 5.88 Å². The molecule has 0 amide bonds. The Kier molecular flexibility index (Phi) is 2.53. The summed E-state index contributed by atoms with van der Waals surface area (Å²) in [6, 6.07) is 14.2. The lowest BCUT2D eigenvalue weighted by molar-refractivity contribution is 0.448. The molecule has 1 N–H and O–H groups in total. The van der Waals surface area contributed by atoms with E-state index in [9.17, 15) is 5.11 Å². The number of benzene rings is 2. The molecule has 0 bridgehead atoms. The molecule has 18 heavy (non-hydrogen) atoms. The number of hydrogen-bond acceptors (Lipinski definition) is 4. The van der Waals surface area contributed by atoms with Gasteiger partial charge in [-0.25, -0.2) is 9.97 Å². The van der Waals surface area contributed by atoms with Gasteiger partial charge in [-0.1, -0.05) is 18.2 Å². The number of nitrogens with zero attached hydrogens (tertiary/aromatic N) is 2. The summed E-state index contributed by atoms with van der Waals surface area (Å²) in [6.45, 7) is 0. The maximum Gasteiger partial charge on any atom is 0.230 e. The molecular formula is C14H10N2O2. The molecule has 0 saturated carbocycles. The van der Waals surface area contributed by atoms with Crippen LogP contribution in [0.3, 0.4) is 0 Å². The second-order valence-electron chi connectivity index (χ2n) is 3.80. The van der Waals surface area contributed by atoms with Gasteiger partial charge in [0.05, 0.1) is 10.9 Å². The van der Waals surface area contributed by atoms with Gasteiger partial charge in [-0.2, -0.15) is 0 Å². The lowest BCUT2D eigenvalue weighted by Gasteiger charge is -2.07. The van der Waals surface area contributed by atoms with Gasteiger partial charge in [-0.05, 0) is 24.3 Å². The van der Waals surface area contributed by atoms with E-state index in [0.29, 0.717) is 11.6 Å². The Labute approximate surface area is 104 Å². The molecule has 2 aromatic carbocycles. The molecule has 0 aliphatic rings. The molecule has 0 aliphatic carbocycles. The van der Waals surface area contributed by atoms with Crippen molar-refractivity contribution in [1.82, 2.24) is 9.97 Å². The van der Waals surface area contributed by atoms with Gasteiger partial charge in [0.25, 0.3) is 0 Å². The van der Waals surface area contributed by atoms with Gasteiger partial charge >= 0.3 is 0 Å². The van der Waals surface area contributed by atoms with E-state index < -0.39 is 0 Å². The van der Waals surface area contributed by atoms with Crippen molar-refractivity contribution in [3.63, 3.8) is 0 Å². The Balaban J connectivity index is 2.05. The standard InChI is InChI=1S/C14H10N2O2/c17-10-4-3-5-11(8-10)18-14-12-6-1-2-7-13(12)15-9-16-14/h1-9,17H. The zero-order valence-electron chi connectivity index (χ0n) is 9.45. The van der Waals surface area contributed by atoms with Crippen molar-refractivity contribution in [3.8, 4) is 17.4 Å². The lowest BCUT2D eigenvalue weighted by Crippen LogP contribution is -1.90. The number of fused-ring (bicyclic) bond motifs is 1. The first-order valence-corrected chi connectivity index (χ1v) is 5.49. The molecule has 0 aliphatic heterocycles. The van der Waals surface area contributed by atoms with Crippen molar-refractivity contribution < 1.29 is 9.84 Å². The molecule has 0 fully saturated rings. The van der Waals surface area contributed by atoms with E-state index in [1.165, 1.54) is 12.4 Å². The summed E-state index contributed by atoms with van der Waals surface area (Å²) in [5.74, 6) is 1.18. The average molecular weight is 238 g/mol. The minimum absolute atomic E-state index is 0.158. The van der Waals surface area contributed by atoms with E-state index in [-0.39, 0.29) is 5.75 Å². The van der Waals surface area contributed by atoms with E-state index in [1.807, 2.05) is 24.3 Å². The monoisotopic (exact) mass is 238 g/mol. The Hall–Kier alpha value is -2.62. The third kappa shape index (κ3) is 1.96. The molecular weight excluding hydrogens is 228 g/mol. The number of aromatic nitrogens is 2. The number of phenolic OH excluding ortho intramolecular Hbond substituents is 1. The van der Waals surface area contributed by atoms with Crippen LogP contribution in [0.2, 0.25) is 0 Å². The Bertz CT molecular complexity index is 693. The maximum atomic E-state index is 9.39. The Morgan fingerprint density at radius 1 is 0.944 bits per heavy atom. The van der Waals surface area contributed by atoms with Crippen molar-refractivity contribution >= 4 is 10.9 Å². The fraction of sp³-hybridized carbons (Fsp3) is 0. The molecule has 1 heterocycles. The predicted molar refractivity (Wildman–Crippen MR) is 67.7 cm³/mol. The number of aromatic hydroxyl groups is 1. The van der Waals surface area contributed by atoms with E-state index >= 15 is 0 Å². The fourth-order valence-corrected chi connectivity index (χ4v) is 1.72. The van der Waals surface area contributed by atoms with Crippen LogP contribution in [0.4, 0.5) is 0 Å². The summed E-state index contributed by atoms with van der Waals surface area (Å²) in [4.78, 5) is 8.28. The quantitative estimate of drug-likeness (QED) is 0.745. The average Bonchev–Trinajstić information content (AvgIpc) is 2.39. The van der Waals surface area contributed by atoms with Crippen LogP contribution < -0.4 is 4.74 Å². The van der Waals surface area contributed by atoms with E-state index in [0.717, 1.165) is 10.9 Å². The number of phenols is 1. The molecule has 4 heteroatoms. The number of hydrogen-bond donors (Lipinski definition) is 1. The van der Waals surface area contributed by atoms with Crippen LogP contribution in [0.15, 0.2) is 54.9 Å². The molecule has 0 saturated heterocycles. The summed E-state index contributed by atoms with van der Waals surface area (Å²) < 4.78 is 5.66. The SMILES string of the molecule is Oc1cccc(Oc2ncnc3ccccc23)c1. The second kappa shape index (κ2) is 4.33. The summed E-state index contributed by atoms with van der Waals surface area (Å²) in [5.41, 5.74) is 0.822. The van der Waals surface area contributed by atoms with Crippen LogP contribution in [0.5, 0.6) is 17.4 Å². The van der Waals surface area contributed by atoms with Crippen LogP contribution in [0, 0.1) is 0 Å². The second-order valence-corrected chi connectivity index (χ2v) is 3.80. The molecule has 1 aromatic heterocycles. The Morgan fingerprint density at radius 3 is 2.72 bits per heavy atom. The van der Waals surface area contributed by atoms with Gasteiger partial charge in [-0.15, -0.1) is 0 Å². The first-order valence-electron chi connectivity index (χ1n) is 5.49. The zero-order valence-corrected chi connectivity index (χ0v) is 9.45. The molecule has 0 unspecified atom stereocenters. The lowest BCUT2D eigenvalue weighted by atomic mass is 10.2. The molecule has 0 atom stereocenters. The van der Waals surface area contributed by atoms with Crippen LogP contribution in [-0.4, -0.2) is 15.1 Å². The summed E-state index contributed by atoms with van der Waals surface area (Å²) in [5, 5.41) is 10.2. The van der Waals surface area contributed by atoms with Gasteiger partial charge in [0.1, 0.15) is 17.8 Å². The predicted octanol–water partition coefficient (Wildman–Crippen LogP) is 3.13. The van der Waals surface area contributed by atoms with Gasteiger partial charge in [0.15, 0.2) is 0 Å². The zero-order chi connectivity index (χ0) is 12.4. The highest BCUT2D eigenvalue weighted by Crippen LogP contribution is 2.27. The molecule has 3 rings (SSSR count). The topological polar surface area (TPSA) is 55.2 Å². The molecule has 0 spiro atoms. The van der Waals surface area contributed by atoms with Crippen LogP contribution in [0.25, 0.3) is 10.9 Å². The highest BCUT2D eigenvalue weighted by molar-refractivity contribution is 5.83. The minimum Gasteiger partial charge on any atom is -0.508 e. The molecule has 4 nitrogen and oxygen atoms in total. The van der Waals surface area contributed by atoms with Gasteiger partial charge in [-0.3, -0.25) is 0 Å². The van der Waals surface area contributed by atoms with E-state index in [4.69, 9.17) is 4.74 Å². The van der Waals surface area contributed by atoms with Crippen molar-refractivity contribution in [2.75, 3.05) is 0 Å². The van der Waals surface area contributed by atoms with E-state index in [1.54, 1.807) is 18.2 Å². The summed E-state index contributed by atoms with van der Waals surface area (Å²) in [6.07, 6.45) is 1.46. The fourth-order valence-electron chi connectivity index (χ4n) is 1.72. The molecule has 88 valence electrons. The van der Waals surface area contributed by atoms with Gasteiger partial charge in [0, 0.05) is 6.07 Å². The largest absolute Gasteiger partial charge is 0.508 e. The molecule has 0 radical (unpaired) electrons. The summed E-state index contributed by atoms with van der Waals surface area (Å²) >= 11 is 0. The molecule has 3 aromatic rings. The third-order valence-corrected chi connectivity index (χ3v) is 2.54. The Morgan fingerprint density at radius 2 is 1.83 bits per heavy atom. The highest BCUT2D eigenvalue weighted by Gasteiger charge is 2.05. The first kappa shape index (κ1) is 10.5. The van der Waals surface area contributed by atoms with E-state index in [2.05, 4.69) is 9.97 Å². The third-order valence-electron chi connectivity index (χ3n) is 2.54. The number of para-hydroxylation sites is 1. The van der Waals surface area contributed by atoms with Crippen molar-refractivity contribution in [2.24, 2.45) is 0 Å². The smallest absolute Gasteiger partial charge is 0.230 e. The summed E-state index contributed by atoms with van der Waals surface area (Å²) in [7, 11) is 0.